The van der Waals surface area contributed by atoms with Crippen LogP contribution >= 0.6 is 0 Å². The highest BCUT2D eigenvalue weighted by Crippen LogP contribution is 2.38. The van der Waals surface area contributed by atoms with E-state index in [0.29, 0.717) is 41.3 Å². The highest BCUT2D eigenvalue weighted by molar-refractivity contribution is 6.51. The van der Waals surface area contributed by atoms with E-state index < -0.39 is 5.60 Å². The molecule has 1 aliphatic rings. The second-order valence-corrected chi connectivity index (χ2v) is 8.66. The van der Waals surface area contributed by atoms with Crippen molar-refractivity contribution in [3.05, 3.63) is 76.9 Å². The third-order valence-corrected chi connectivity index (χ3v) is 6.61. The Kier molecular flexibility index (Phi) is 5.57. The van der Waals surface area contributed by atoms with Crippen LogP contribution in [0.3, 0.4) is 0 Å². The van der Waals surface area contributed by atoms with Gasteiger partial charge < -0.3 is 10.4 Å². The number of nitrogens with zero attached hydrogens (tertiary/aromatic N) is 5. The molecule has 0 bridgehead atoms. The van der Waals surface area contributed by atoms with Crippen LogP contribution in [-0.2, 0) is 18.6 Å². The topological polar surface area (TPSA) is 97.9 Å². The van der Waals surface area contributed by atoms with Crippen LogP contribution in [0.1, 0.15) is 31.0 Å². The van der Waals surface area contributed by atoms with E-state index in [0.717, 1.165) is 25.0 Å². The molecule has 34 heavy (non-hydrogen) atoms. The number of fused-ring (bicyclic) bond motifs is 2. The molecule has 2 N–H and O–H groups in total. The number of aryl methyl sites for hydroxylation is 1. The molecular weight excluding hydrogens is 427 g/mol. The molecule has 4 aromatic rings. The Hall–Kier alpha value is -3.72. The summed E-state index contributed by atoms with van der Waals surface area (Å²) < 4.78 is 3.24. The first-order valence-electron chi connectivity index (χ1n) is 11.7. The number of pyridine rings is 1. The van der Waals surface area contributed by atoms with Crippen molar-refractivity contribution in [3.63, 3.8) is 0 Å². The molecule has 3 heterocycles. The average molecular weight is 454 g/mol. The molecule has 0 aliphatic heterocycles. The molecule has 0 saturated carbocycles. The summed E-state index contributed by atoms with van der Waals surface area (Å²) in [5.74, 6) is 0.908. The Morgan fingerprint density at radius 1 is 1.24 bits per heavy atom. The van der Waals surface area contributed by atoms with Crippen molar-refractivity contribution in [2.45, 2.75) is 45.2 Å². The average Bonchev–Trinajstić information content (AvgIpc) is 3.34. The quantitative estimate of drug-likeness (QED) is 0.329. The molecule has 5 rings (SSSR count). The number of hydrogen-bond donors (Lipinski definition) is 2. The third kappa shape index (κ3) is 3.62. The number of anilines is 2. The van der Waals surface area contributed by atoms with Crippen molar-refractivity contribution in [1.82, 2.24) is 24.3 Å². The maximum atomic E-state index is 13.2. The first-order valence-corrected chi connectivity index (χ1v) is 11.7. The Morgan fingerprint density at radius 3 is 2.74 bits per heavy atom. The lowest BCUT2D eigenvalue weighted by molar-refractivity contribution is 0.0306. The monoisotopic (exact) mass is 454 g/mol. The summed E-state index contributed by atoms with van der Waals surface area (Å²) in [5.41, 5.74) is 3.09. The number of aromatic nitrogens is 5. The molecule has 172 valence electrons. The maximum absolute atomic E-state index is 13.2. The van der Waals surface area contributed by atoms with Gasteiger partial charge in [0, 0.05) is 11.9 Å². The smallest absolute Gasteiger partial charge is 0.278 e. The minimum absolute atomic E-state index is 0.221. The summed E-state index contributed by atoms with van der Waals surface area (Å²) in [6.07, 6.45) is 5.21. The van der Waals surface area contributed by atoms with Gasteiger partial charge in [-0.3, -0.25) is 4.79 Å². The molecule has 0 spiro atoms. The number of hydrogen-bond acceptors (Lipinski definition) is 6. The number of allylic oxidation sites excluding steroid dienone is 1. The fourth-order valence-corrected chi connectivity index (χ4v) is 4.57. The van der Waals surface area contributed by atoms with Crippen molar-refractivity contribution >= 4 is 35.4 Å². The van der Waals surface area contributed by atoms with E-state index in [4.69, 9.17) is 4.98 Å². The summed E-state index contributed by atoms with van der Waals surface area (Å²) in [7, 11) is 0.965. The standard InChI is InChI=1S/C25H27BN6O2/c1-4-14-31-23(33)19-15-27-24(28-18-9-7-17(26-3)8-10-18)30-22(19)32(31)20-11-6-16-12-13-25(34,5-2)21(16)29-20/h4,6-11,15,26,34H,1,5,12-14H2,2-3H3,(H,27,28,30)/t25-/m1/s1. The van der Waals surface area contributed by atoms with Crippen molar-refractivity contribution in [2.24, 2.45) is 0 Å². The molecule has 0 saturated heterocycles. The SMILES string of the molecule is C=CCn1c(=O)c2cnc(Nc3ccc(BC)cc3)nc2n1-c1ccc2c(n1)[C@@](O)(CC)CC2. The zero-order valence-corrected chi connectivity index (χ0v) is 19.5. The highest BCUT2D eigenvalue weighted by Gasteiger charge is 2.37. The molecule has 3 aromatic heterocycles. The van der Waals surface area contributed by atoms with Crippen LogP contribution in [-0.4, -0.2) is 36.7 Å². The second-order valence-electron chi connectivity index (χ2n) is 8.66. The van der Waals surface area contributed by atoms with Gasteiger partial charge in [0.05, 0.1) is 12.2 Å². The predicted octanol–water partition coefficient (Wildman–Crippen LogP) is 2.56. The fraction of sp³-hybridized carbons (Fsp3) is 0.280. The Labute approximate surface area is 198 Å². The second kappa shape index (κ2) is 8.57. The Bertz CT molecular complexity index is 1440. The molecule has 0 radical (unpaired) electrons. The lowest BCUT2D eigenvalue weighted by atomic mass is 9.73. The molecule has 1 aliphatic carbocycles. The van der Waals surface area contributed by atoms with E-state index >= 15 is 0 Å². The Morgan fingerprint density at radius 2 is 2.03 bits per heavy atom. The van der Waals surface area contributed by atoms with Crippen LogP contribution in [0, 0.1) is 0 Å². The van der Waals surface area contributed by atoms with Gasteiger partial charge in [-0.1, -0.05) is 43.5 Å². The van der Waals surface area contributed by atoms with Gasteiger partial charge in [-0.2, -0.15) is 4.98 Å². The van der Waals surface area contributed by atoms with Gasteiger partial charge in [-0.05, 0) is 43.0 Å². The van der Waals surface area contributed by atoms with E-state index in [-0.39, 0.29) is 12.1 Å². The largest absolute Gasteiger partial charge is 0.384 e. The Balaban J connectivity index is 1.65. The van der Waals surface area contributed by atoms with Gasteiger partial charge in [0.25, 0.3) is 5.56 Å². The van der Waals surface area contributed by atoms with Gasteiger partial charge in [0.15, 0.2) is 18.7 Å². The summed E-state index contributed by atoms with van der Waals surface area (Å²) in [6, 6.07) is 11.9. The first-order chi connectivity index (χ1) is 16.5. The summed E-state index contributed by atoms with van der Waals surface area (Å²) >= 11 is 0. The van der Waals surface area contributed by atoms with E-state index in [1.54, 1.807) is 21.6 Å². The molecular formula is C25H27BN6O2. The van der Waals surface area contributed by atoms with Gasteiger partial charge in [0.1, 0.15) is 11.0 Å². The molecule has 1 aromatic carbocycles. The molecule has 0 unspecified atom stereocenters. The summed E-state index contributed by atoms with van der Waals surface area (Å²) in [6.45, 7) is 8.16. The van der Waals surface area contributed by atoms with Crippen molar-refractivity contribution in [3.8, 4) is 5.82 Å². The van der Waals surface area contributed by atoms with Gasteiger partial charge in [-0.15, -0.1) is 6.58 Å². The first kappa shape index (κ1) is 22.1. The van der Waals surface area contributed by atoms with Crippen LogP contribution < -0.4 is 16.3 Å². The molecule has 1 atom stereocenters. The lowest BCUT2D eigenvalue weighted by Crippen LogP contribution is -2.25. The van der Waals surface area contributed by atoms with Crippen LogP contribution in [0.25, 0.3) is 16.9 Å². The van der Waals surface area contributed by atoms with E-state index in [1.165, 1.54) is 5.46 Å². The lowest BCUT2D eigenvalue weighted by Gasteiger charge is -2.21. The summed E-state index contributed by atoms with van der Waals surface area (Å²) in [5, 5.41) is 14.7. The number of aliphatic hydroxyl groups is 1. The van der Waals surface area contributed by atoms with Crippen LogP contribution in [0.4, 0.5) is 11.6 Å². The van der Waals surface area contributed by atoms with Crippen molar-refractivity contribution in [1.29, 1.82) is 0 Å². The van der Waals surface area contributed by atoms with Crippen LogP contribution in [0.15, 0.2) is 60.0 Å². The van der Waals surface area contributed by atoms with Gasteiger partial charge >= 0.3 is 0 Å². The predicted molar refractivity (Wildman–Crippen MR) is 136 cm³/mol. The molecule has 0 fully saturated rings. The minimum Gasteiger partial charge on any atom is -0.384 e. The highest BCUT2D eigenvalue weighted by atomic mass is 16.3. The number of nitrogens with one attached hydrogen (secondary N) is 1. The van der Waals surface area contributed by atoms with Gasteiger partial charge in [0.2, 0.25) is 5.95 Å². The zero-order valence-electron chi connectivity index (χ0n) is 19.5. The fourth-order valence-electron chi connectivity index (χ4n) is 4.57. The normalized spacial score (nSPS) is 17.0. The molecule has 8 nitrogen and oxygen atoms in total. The third-order valence-electron chi connectivity index (χ3n) is 6.61. The maximum Gasteiger partial charge on any atom is 0.278 e. The van der Waals surface area contributed by atoms with Crippen molar-refractivity contribution < 1.29 is 5.11 Å². The van der Waals surface area contributed by atoms with E-state index in [9.17, 15) is 9.90 Å². The van der Waals surface area contributed by atoms with Crippen LogP contribution in [0.5, 0.6) is 0 Å². The van der Waals surface area contributed by atoms with E-state index in [1.807, 2.05) is 31.2 Å². The minimum atomic E-state index is -0.954. The van der Waals surface area contributed by atoms with Gasteiger partial charge in [-0.25, -0.2) is 19.3 Å². The van der Waals surface area contributed by atoms with Crippen LogP contribution in [0.2, 0.25) is 6.82 Å². The number of benzene rings is 1. The zero-order chi connectivity index (χ0) is 23.9. The summed E-state index contributed by atoms with van der Waals surface area (Å²) in [4.78, 5) is 27.1. The van der Waals surface area contributed by atoms with Crippen molar-refractivity contribution in [2.75, 3.05) is 5.32 Å². The van der Waals surface area contributed by atoms with E-state index in [2.05, 4.69) is 40.8 Å². The number of rotatable bonds is 7. The molecule has 0 amide bonds. The molecule has 9 heteroatoms.